The topological polar surface area (TPSA) is 63.3 Å². The minimum absolute atomic E-state index is 0.341. The lowest BCUT2D eigenvalue weighted by atomic mass is 9.97. The van der Waals surface area contributed by atoms with Crippen LogP contribution in [0.1, 0.15) is 17.0 Å². The molecule has 3 nitrogen and oxygen atoms in total. The van der Waals surface area contributed by atoms with Crippen LogP contribution in [0.15, 0.2) is 12.1 Å². The van der Waals surface area contributed by atoms with Gasteiger partial charge >= 0.3 is 5.97 Å². The van der Waals surface area contributed by atoms with Gasteiger partial charge in [-0.15, -0.1) is 0 Å². The van der Waals surface area contributed by atoms with E-state index >= 15 is 0 Å². The number of nitrogens with two attached hydrogens (primary N) is 1. The van der Waals surface area contributed by atoms with Gasteiger partial charge in [-0.2, -0.15) is 0 Å². The normalized spacial score (nSPS) is 12.5. The van der Waals surface area contributed by atoms with Crippen LogP contribution in [0.4, 0.5) is 8.78 Å². The molecule has 0 amide bonds. The van der Waals surface area contributed by atoms with Gasteiger partial charge in [0.1, 0.15) is 11.6 Å². The molecule has 1 unspecified atom stereocenters. The Morgan fingerprint density at radius 2 is 1.93 bits per heavy atom. The summed E-state index contributed by atoms with van der Waals surface area (Å²) in [6.07, 6.45) is 0. The first-order chi connectivity index (χ1) is 6.97. The first kappa shape index (κ1) is 11.6. The molecule has 0 fully saturated rings. The van der Waals surface area contributed by atoms with E-state index < -0.39 is 29.1 Å². The molecule has 0 bridgehead atoms. The Morgan fingerprint density at radius 3 is 2.27 bits per heavy atom. The van der Waals surface area contributed by atoms with Gasteiger partial charge in [0.25, 0.3) is 0 Å². The summed E-state index contributed by atoms with van der Waals surface area (Å²) in [5.41, 5.74) is 5.09. The van der Waals surface area contributed by atoms with Crippen LogP contribution in [0.25, 0.3) is 0 Å². The molecule has 1 aromatic rings. The Hall–Kier alpha value is -1.49. The first-order valence-corrected chi connectivity index (χ1v) is 4.35. The molecular weight excluding hydrogens is 204 g/mol. The Balaban J connectivity index is 3.29. The molecule has 1 atom stereocenters. The molecular formula is C10H11F2NO2. The molecule has 0 heterocycles. The van der Waals surface area contributed by atoms with Crippen LogP contribution in [-0.4, -0.2) is 17.6 Å². The number of aryl methyl sites for hydroxylation is 1. The summed E-state index contributed by atoms with van der Waals surface area (Å²) in [6, 6.07) is 2.17. The zero-order valence-corrected chi connectivity index (χ0v) is 8.13. The van der Waals surface area contributed by atoms with E-state index in [0.29, 0.717) is 5.56 Å². The fourth-order valence-electron chi connectivity index (χ4n) is 1.39. The number of halogens is 2. The average Bonchev–Trinajstić information content (AvgIpc) is 2.09. The van der Waals surface area contributed by atoms with E-state index in [1.807, 2.05) is 0 Å². The molecule has 0 aliphatic heterocycles. The highest BCUT2D eigenvalue weighted by atomic mass is 19.1. The third-order valence-electron chi connectivity index (χ3n) is 2.11. The van der Waals surface area contributed by atoms with Crippen molar-refractivity contribution in [2.75, 3.05) is 6.54 Å². The van der Waals surface area contributed by atoms with Crippen LogP contribution in [0, 0.1) is 18.6 Å². The predicted octanol–water partition coefficient (Wildman–Crippen LogP) is 1.40. The molecule has 82 valence electrons. The lowest BCUT2D eigenvalue weighted by molar-refractivity contribution is -0.138. The number of carboxylic acids is 1. The van der Waals surface area contributed by atoms with Gasteiger partial charge in [-0.3, -0.25) is 4.79 Å². The minimum atomic E-state index is -1.34. The Labute approximate surface area is 85.5 Å². The second-order valence-electron chi connectivity index (χ2n) is 3.27. The van der Waals surface area contributed by atoms with Crippen molar-refractivity contribution in [1.29, 1.82) is 0 Å². The number of hydrogen-bond donors (Lipinski definition) is 2. The number of rotatable bonds is 3. The molecule has 0 aliphatic rings. The monoisotopic (exact) mass is 215 g/mol. The maximum absolute atomic E-state index is 13.3. The quantitative estimate of drug-likeness (QED) is 0.801. The van der Waals surface area contributed by atoms with Crippen LogP contribution in [0.5, 0.6) is 0 Å². The number of carboxylic acid groups (broad SMARTS) is 1. The maximum Gasteiger partial charge on any atom is 0.312 e. The Bertz CT molecular complexity index is 370. The number of benzene rings is 1. The lowest BCUT2D eigenvalue weighted by Gasteiger charge is -2.12. The van der Waals surface area contributed by atoms with E-state index in [2.05, 4.69) is 0 Å². The summed E-state index contributed by atoms with van der Waals surface area (Å²) in [5, 5.41) is 8.73. The van der Waals surface area contributed by atoms with Crippen molar-refractivity contribution in [3.63, 3.8) is 0 Å². The van der Waals surface area contributed by atoms with Crippen molar-refractivity contribution in [3.8, 4) is 0 Å². The molecule has 0 radical (unpaired) electrons. The second kappa shape index (κ2) is 4.35. The smallest absolute Gasteiger partial charge is 0.312 e. The van der Waals surface area contributed by atoms with E-state index in [9.17, 15) is 13.6 Å². The molecule has 1 aromatic carbocycles. The van der Waals surface area contributed by atoms with Gasteiger partial charge in [-0.1, -0.05) is 0 Å². The summed E-state index contributed by atoms with van der Waals surface area (Å²) >= 11 is 0. The Morgan fingerprint density at radius 1 is 1.47 bits per heavy atom. The molecule has 0 saturated heterocycles. The second-order valence-corrected chi connectivity index (χ2v) is 3.27. The van der Waals surface area contributed by atoms with E-state index in [1.54, 1.807) is 0 Å². The third-order valence-corrected chi connectivity index (χ3v) is 2.11. The highest BCUT2D eigenvalue weighted by Gasteiger charge is 2.25. The van der Waals surface area contributed by atoms with Crippen LogP contribution in [0.2, 0.25) is 0 Å². The minimum Gasteiger partial charge on any atom is -0.481 e. The standard InChI is InChI=1S/C10H11F2NO2/c1-5-2-7(11)9(8(12)3-5)6(4-13)10(14)15/h2-3,6H,4,13H2,1H3,(H,14,15). The SMILES string of the molecule is Cc1cc(F)c(C(CN)C(=O)O)c(F)c1. The Kier molecular flexibility index (Phi) is 3.36. The third kappa shape index (κ3) is 2.30. The van der Waals surface area contributed by atoms with E-state index in [1.165, 1.54) is 6.92 Å². The zero-order chi connectivity index (χ0) is 11.6. The van der Waals surface area contributed by atoms with Crippen molar-refractivity contribution in [2.24, 2.45) is 5.73 Å². The molecule has 5 heteroatoms. The summed E-state index contributed by atoms with van der Waals surface area (Å²) < 4.78 is 26.7. The van der Waals surface area contributed by atoms with Gasteiger partial charge in [0.15, 0.2) is 0 Å². The van der Waals surface area contributed by atoms with Crippen LogP contribution >= 0.6 is 0 Å². The molecule has 0 spiro atoms. The summed E-state index contributed by atoms with van der Waals surface area (Å²) in [7, 11) is 0. The van der Waals surface area contributed by atoms with Gasteiger partial charge in [-0.25, -0.2) is 8.78 Å². The van der Waals surface area contributed by atoms with Crippen LogP contribution in [0.3, 0.4) is 0 Å². The van der Waals surface area contributed by atoms with Crippen molar-refractivity contribution in [1.82, 2.24) is 0 Å². The molecule has 15 heavy (non-hydrogen) atoms. The highest BCUT2D eigenvalue weighted by Crippen LogP contribution is 2.23. The van der Waals surface area contributed by atoms with Crippen molar-refractivity contribution in [2.45, 2.75) is 12.8 Å². The fourth-order valence-corrected chi connectivity index (χ4v) is 1.39. The summed E-state index contributed by atoms with van der Waals surface area (Å²) in [6.45, 7) is 1.18. The fraction of sp³-hybridized carbons (Fsp3) is 0.300. The number of aliphatic carboxylic acids is 1. The largest absolute Gasteiger partial charge is 0.481 e. The molecule has 1 rings (SSSR count). The first-order valence-electron chi connectivity index (χ1n) is 4.35. The van der Waals surface area contributed by atoms with Crippen LogP contribution < -0.4 is 5.73 Å². The number of carbonyl (C=O) groups is 1. The van der Waals surface area contributed by atoms with Gasteiger partial charge in [-0.05, 0) is 24.6 Å². The van der Waals surface area contributed by atoms with E-state index in [-0.39, 0.29) is 6.54 Å². The zero-order valence-electron chi connectivity index (χ0n) is 8.13. The highest BCUT2D eigenvalue weighted by molar-refractivity contribution is 5.76. The van der Waals surface area contributed by atoms with Crippen molar-refractivity contribution in [3.05, 3.63) is 34.9 Å². The number of hydrogen-bond acceptors (Lipinski definition) is 2. The van der Waals surface area contributed by atoms with Gasteiger partial charge < -0.3 is 10.8 Å². The van der Waals surface area contributed by atoms with Gasteiger partial charge in [0.05, 0.1) is 5.92 Å². The van der Waals surface area contributed by atoms with Crippen molar-refractivity contribution >= 4 is 5.97 Å². The molecule has 3 N–H and O–H groups in total. The summed E-state index contributed by atoms with van der Waals surface area (Å²) in [4.78, 5) is 10.7. The van der Waals surface area contributed by atoms with E-state index in [4.69, 9.17) is 10.8 Å². The van der Waals surface area contributed by atoms with Crippen molar-refractivity contribution < 1.29 is 18.7 Å². The average molecular weight is 215 g/mol. The molecule has 0 aliphatic carbocycles. The predicted molar refractivity (Wildman–Crippen MR) is 50.5 cm³/mol. The van der Waals surface area contributed by atoms with Gasteiger partial charge in [0.2, 0.25) is 0 Å². The van der Waals surface area contributed by atoms with Crippen LogP contribution in [-0.2, 0) is 4.79 Å². The maximum atomic E-state index is 13.3. The van der Waals surface area contributed by atoms with Gasteiger partial charge in [0, 0.05) is 12.1 Å². The van der Waals surface area contributed by atoms with E-state index in [0.717, 1.165) is 12.1 Å². The molecule has 0 aromatic heterocycles. The molecule has 0 saturated carbocycles. The summed E-state index contributed by atoms with van der Waals surface area (Å²) in [5.74, 6) is -4.42. The lowest BCUT2D eigenvalue weighted by Crippen LogP contribution is -2.23.